The van der Waals surface area contributed by atoms with Crippen LogP contribution in [0.1, 0.15) is 52.5 Å². The van der Waals surface area contributed by atoms with Crippen LogP contribution in [-0.4, -0.2) is 23.8 Å². The molecule has 0 fully saturated rings. The molecule has 1 amide bonds. The molecule has 0 saturated heterocycles. The summed E-state index contributed by atoms with van der Waals surface area (Å²) in [5.41, 5.74) is -0.842. The SMILES string of the molecule is CC(NCC(C)(C)NC(=O)OC(C)(C)C)c1cccs1. The van der Waals surface area contributed by atoms with Gasteiger partial charge in [-0.2, -0.15) is 0 Å². The Labute approximate surface area is 125 Å². The lowest BCUT2D eigenvalue weighted by atomic mass is 10.1. The lowest BCUT2D eigenvalue weighted by Gasteiger charge is -2.30. The van der Waals surface area contributed by atoms with E-state index in [1.807, 2.05) is 40.7 Å². The molecule has 5 heteroatoms. The second kappa shape index (κ2) is 6.59. The maximum atomic E-state index is 11.8. The van der Waals surface area contributed by atoms with E-state index >= 15 is 0 Å². The van der Waals surface area contributed by atoms with E-state index in [9.17, 15) is 4.79 Å². The molecule has 4 nitrogen and oxygen atoms in total. The van der Waals surface area contributed by atoms with Crippen LogP contribution < -0.4 is 10.6 Å². The summed E-state index contributed by atoms with van der Waals surface area (Å²) in [6, 6.07) is 4.42. The molecule has 0 aliphatic carbocycles. The van der Waals surface area contributed by atoms with Crippen LogP contribution in [0.5, 0.6) is 0 Å². The number of alkyl carbamates (subject to hydrolysis) is 1. The third kappa shape index (κ3) is 6.39. The highest BCUT2D eigenvalue weighted by Crippen LogP contribution is 2.18. The topological polar surface area (TPSA) is 50.4 Å². The van der Waals surface area contributed by atoms with Crippen molar-refractivity contribution >= 4 is 17.4 Å². The molecule has 114 valence electrons. The van der Waals surface area contributed by atoms with Gasteiger partial charge in [-0.25, -0.2) is 4.79 Å². The molecule has 0 spiro atoms. The van der Waals surface area contributed by atoms with E-state index in [1.54, 1.807) is 11.3 Å². The highest BCUT2D eigenvalue weighted by molar-refractivity contribution is 7.10. The maximum absolute atomic E-state index is 11.8. The predicted octanol–water partition coefficient (Wildman–Crippen LogP) is 3.70. The number of nitrogens with one attached hydrogen (secondary N) is 2. The summed E-state index contributed by atoms with van der Waals surface area (Å²) in [6.45, 7) is 12.3. The van der Waals surface area contributed by atoms with Gasteiger partial charge in [0.1, 0.15) is 5.60 Å². The summed E-state index contributed by atoms with van der Waals surface area (Å²) < 4.78 is 5.28. The van der Waals surface area contributed by atoms with Crippen molar-refractivity contribution in [1.82, 2.24) is 10.6 Å². The van der Waals surface area contributed by atoms with Gasteiger partial charge in [-0.3, -0.25) is 0 Å². The molecule has 1 unspecified atom stereocenters. The van der Waals surface area contributed by atoms with Crippen molar-refractivity contribution in [3.63, 3.8) is 0 Å². The molecule has 0 saturated carbocycles. The predicted molar refractivity (Wildman–Crippen MR) is 84.2 cm³/mol. The van der Waals surface area contributed by atoms with Gasteiger partial charge < -0.3 is 15.4 Å². The number of rotatable bonds is 5. The van der Waals surface area contributed by atoms with E-state index in [0.29, 0.717) is 6.54 Å². The Morgan fingerprint density at radius 3 is 2.50 bits per heavy atom. The van der Waals surface area contributed by atoms with E-state index < -0.39 is 5.60 Å². The molecular weight excluding hydrogens is 272 g/mol. The van der Waals surface area contributed by atoms with Gasteiger partial charge in [0.2, 0.25) is 0 Å². The molecule has 20 heavy (non-hydrogen) atoms. The number of carbonyl (C=O) groups excluding carboxylic acids is 1. The van der Waals surface area contributed by atoms with Gasteiger partial charge in [-0.1, -0.05) is 6.07 Å². The smallest absolute Gasteiger partial charge is 0.408 e. The van der Waals surface area contributed by atoms with E-state index in [4.69, 9.17) is 4.74 Å². The van der Waals surface area contributed by atoms with Crippen LogP contribution in [0, 0.1) is 0 Å². The first-order chi connectivity index (χ1) is 9.09. The summed E-state index contributed by atoms with van der Waals surface area (Å²) in [5, 5.41) is 8.39. The first-order valence-corrected chi connectivity index (χ1v) is 7.75. The molecule has 1 heterocycles. The zero-order valence-corrected chi connectivity index (χ0v) is 14.1. The minimum Gasteiger partial charge on any atom is -0.444 e. The summed E-state index contributed by atoms with van der Waals surface area (Å²) >= 11 is 1.73. The zero-order chi connectivity index (χ0) is 15.4. The van der Waals surface area contributed by atoms with E-state index in [1.165, 1.54) is 4.88 Å². The van der Waals surface area contributed by atoms with Crippen molar-refractivity contribution in [1.29, 1.82) is 0 Å². The molecule has 1 atom stereocenters. The van der Waals surface area contributed by atoms with E-state index in [-0.39, 0.29) is 17.7 Å². The monoisotopic (exact) mass is 298 g/mol. The summed E-state index contributed by atoms with van der Waals surface area (Å²) in [6.07, 6.45) is -0.381. The van der Waals surface area contributed by atoms with Crippen LogP contribution in [0.4, 0.5) is 4.79 Å². The third-order valence-corrected chi connectivity index (χ3v) is 3.71. The van der Waals surface area contributed by atoms with Crippen molar-refractivity contribution in [3.05, 3.63) is 22.4 Å². The standard InChI is InChI=1S/C15H26N2O2S/c1-11(12-8-7-9-20-12)16-10-15(5,6)17-13(18)19-14(2,3)4/h7-9,11,16H,10H2,1-6H3,(H,17,18). The normalized spacial score (nSPS) is 13.9. The molecule has 0 aromatic carbocycles. The number of amides is 1. The summed E-state index contributed by atoms with van der Waals surface area (Å²) in [5.74, 6) is 0. The molecule has 1 aromatic rings. The van der Waals surface area contributed by atoms with Crippen LogP contribution in [0.15, 0.2) is 17.5 Å². The second-order valence-electron chi connectivity index (χ2n) is 6.63. The Balaban J connectivity index is 2.43. The number of hydrogen-bond acceptors (Lipinski definition) is 4. The number of thiophene rings is 1. The van der Waals surface area contributed by atoms with Crippen LogP contribution in [0.3, 0.4) is 0 Å². The van der Waals surface area contributed by atoms with Gasteiger partial charge in [0, 0.05) is 17.5 Å². The van der Waals surface area contributed by atoms with Gasteiger partial charge >= 0.3 is 6.09 Å². The number of ether oxygens (including phenoxy) is 1. The van der Waals surface area contributed by atoms with Gasteiger partial charge in [0.25, 0.3) is 0 Å². The van der Waals surface area contributed by atoms with Crippen LogP contribution in [-0.2, 0) is 4.74 Å². The van der Waals surface area contributed by atoms with Gasteiger partial charge in [-0.05, 0) is 53.0 Å². The van der Waals surface area contributed by atoms with Gasteiger partial charge in [-0.15, -0.1) is 11.3 Å². The zero-order valence-electron chi connectivity index (χ0n) is 13.2. The minimum absolute atomic E-state index is 0.273. The van der Waals surface area contributed by atoms with Crippen molar-refractivity contribution in [2.24, 2.45) is 0 Å². The maximum Gasteiger partial charge on any atom is 0.408 e. The average Bonchev–Trinajstić information content (AvgIpc) is 2.75. The fraction of sp³-hybridized carbons (Fsp3) is 0.667. The Kier molecular flexibility index (Phi) is 5.59. The fourth-order valence-corrected chi connectivity index (χ4v) is 2.43. The summed E-state index contributed by atoms with van der Waals surface area (Å²) in [4.78, 5) is 13.1. The van der Waals surface area contributed by atoms with Crippen molar-refractivity contribution in [2.75, 3.05) is 6.54 Å². The molecular formula is C15H26N2O2S. The fourth-order valence-electron chi connectivity index (χ4n) is 1.67. The van der Waals surface area contributed by atoms with Crippen LogP contribution >= 0.6 is 11.3 Å². The summed E-state index contributed by atoms with van der Waals surface area (Å²) in [7, 11) is 0. The first kappa shape index (κ1) is 17.0. The first-order valence-electron chi connectivity index (χ1n) is 6.87. The molecule has 0 aliphatic heterocycles. The molecule has 1 aromatic heterocycles. The molecule has 0 aliphatic rings. The van der Waals surface area contributed by atoms with Crippen molar-refractivity contribution < 1.29 is 9.53 Å². The van der Waals surface area contributed by atoms with E-state index in [0.717, 1.165) is 0 Å². The lowest BCUT2D eigenvalue weighted by molar-refractivity contribution is 0.0471. The second-order valence-corrected chi connectivity index (χ2v) is 7.61. The largest absolute Gasteiger partial charge is 0.444 e. The van der Waals surface area contributed by atoms with Crippen molar-refractivity contribution in [2.45, 2.75) is 58.7 Å². The van der Waals surface area contributed by atoms with Gasteiger partial charge in [0.05, 0.1) is 5.54 Å². The third-order valence-electron chi connectivity index (χ3n) is 2.66. The average molecular weight is 298 g/mol. The molecule has 1 rings (SSSR count). The number of hydrogen-bond donors (Lipinski definition) is 2. The Morgan fingerprint density at radius 1 is 1.35 bits per heavy atom. The highest BCUT2D eigenvalue weighted by Gasteiger charge is 2.25. The van der Waals surface area contributed by atoms with Crippen LogP contribution in [0.25, 0.3) is 0 Å². The van der Waals surface area contributed by atoms with Gasteiger partial charge in [0.15, 0.2) is 0 Å². The number of carbonyl (C=O) groups is 1. The minimum atomic E-state index is -0.474. The van der Waals surface area contributed by atoms with Crippen LogP contribution in [0.2, 0.25) is 0 Å². The van der Waals surface area contributed by atoms with Crippen molar-refractivity contribution in [3.8, 4) is 0 Å². The Hall–Kier alpha value is -1.07. The Bertz CT molecular complexity index is 422. The highest BCUT2D eigenvalue weighted by atomic mass is 32.1. The van der Waals surface area contributed by atoms with E-state index in [2.05, 4.69) is 29.0 Å². The quantitative estimate of drug-likeness (QED) is 0.871. The molecule has 0 radical (unpaired) electrons. The molecule has 2 N–H and O–H groups in total. The Morgan fingerprint density at radius 2 is 2.00 bits per heavy atom. The lowest BCUT2D eigenvalue weighted by Crippen LogP contribution is -2.51. The molecule has 0 bridgehead atoms.